The van der Waals surface area contributed by atoms with E-state index in [0.717, 1.165) is 17.8 Å². The van der Waals surface area contributed by atoms with Crippen LogP contribution in [0.15, 0.2) is 0 Å². The van der Waals surface area contributed by atoms with E-state index in [1.807, 2.05) is 0 Å². The molecule has 0 aliphatic heterocycles. The van der Waals surface area contributed by atoms with Crippen LogP contribution in [0.3, 0.4) is 0 Å². The van der Waals surface area contributed by atoms with Crippen LogP contribution in [0.1, 0.15) is 73.1 Å². The van der Waals surface area contributed by atoms with Gasteiger partial charge in [-0.3, -0.25) is 0 Å². The molecule has 1 aliphatic rings. The average molecular weight is 210 g/mol. The Morgan fingerprint density at radius 2 is 1.67 bits per heavy atom. The highest BCUT2D eigenvalue weighted by Crippen LogP contribution is 2.64. The van der Waals surface area contributed by atoms with Crippen molar-refractivity contribution in [3.8, 4) is 0 Å². The molecular weight excluding hydrogens is 180 g/mol. The molecule has 1 fully saturated rings. The summed E-state index contributed by atoms with van der Waals surface area (Å²) in [5.41, 5.74) is 0.712. The van der Waals surface area contributed by atoms with Gasteiger partial charge in [-0.05, 0) is 36.0 Å². The lowest BCUT2D eigenvalue weighted by Crippen LogP contribution is -1.99. The fraction of sp³-hybridized carbons (Fsp3) is 1.00. The molecule has 0 aromatic rings. The molecule has 1 saturated carbocycles. The van der Waals surface area contributed by atoms with Gasteiger partial charge in [0, 0.05) is 0 Å². The summed E-state index contributed by atoms with van der Waals surface area (Å²) < 4.78 is 0. The highest BCUT2D eigenvalue weighted by molar-refractivity contribution is 5.06. The first-order valence-electron chi connectivity index (χ1n) is 7.10. The normalized spacial score (nSPS) is 36.6. The van der Waals surface area contributed by atoms with Crippen LogP contribution in [-0.2, 0) is 0 Å². The van der Waals surface area contributed by atoms with Gasteiger partial charge in [-0.1, -0.05) is 60.3 Å². The topological polar surface area (TPSA) is 0 Å². The van der Waals surface area contributed by atoms with E-state index in [2.05, 4.69) is 34.6 Å². The van der Waals surface area contributed by atoms with Crippen LogP contribution in [0.2, 0.25) is 0 Å². The lowest BCUT2D eigenvalue weighted by atomic mass is 9.96. The highest BCUT2D eigenvalue weighted by Gasteiger charge is 2.57. The van der Waals surface area contributed by atoms with E-state index in [1.165, 1.54) is 38.5 Å². The van der Waals surface area contributed by atoms with Gasteiger partial charge in [0.2, 0.25) is 0 Å². The zero-order valence-corrected chi connectivity index (χ0v) is 11.5. The molecule has 1 aliphatic carbocycles. The summed E-state index contributed by atoms with van der Waals surface area (Å²) in [6, 6.07) is 0. The standard InChI is InChI=1S/C15H30/c1-6-9-13-14(15(13,5)8-3)11-10-12(4)7-2/h12-14H,6-11H2,1-5H3. The summed E-state index contributed by atoms with van der Waals surface area (Å²) in [6.45, 7) is 12.0. The molecule has 0 radical (unpaired) electrons. The van der Waals surface area contributed by atoms with E-state index < -0.39 is 0 Å². The summed E-state index contributed by atoms with van der Waals surface area (Å²) in [6.07, 6.45) is 8.54. The number of hydrogen-bond donors (Lipinski definition) is 0. The Morgan fingerprint density at radius 3 is 2.13 bits per heavy atom. The van der Waals surface area contributed by atoms with Gasteiger partial charge in [-0.15, -0.1) is 0 Å². The Kier molecular flexibility index (Phi) is 4.67. The smallest absolute Gasteiger partial charge is 0.0266 e. The van der Waals surface area contributed by atoms with Gasteiger partial charge in [0.05, 0.1) is 0 Å². The van der Waals surface area contributed by atoms with Crippen molar-refractivity contribution in [1.29, 1.82) is 0 Å². The molecule has 0 aromatic carbocycles. The molecular formula is C15H30. The van der Waals surface area contributed by atoms with Crippen molar-refractivity contribution < 1.29 is 0 Å². The second-order valence-electron chi connectivity index (χ2n) is 5.95. The molecule has 1 rings (SSSR count). The molecule has 0 amide bonds. The largest absolute Gasteiger partial charge is 0.0654 e. The average Bonchev–Trinajstić information content (AvgIpc) is 2.81. The van der Waals surface area contributed by atoms with Gasteiger partial charge in [0.1, 0.15) is 0 Å². The summed E-state index contributed by atoms with van der Waals surface area (Å²) >= 11 is 0. The Morgan fingerprint density at radius 1 is 1.07 bits per heavy atom. The van der Waals surface area contributed by atoms with Crippen LogP contribution in [0, 0.1) is 23.2 Å². The minimum absolute atomic E-state index is 0.712. The maximum atomic E-state index is 2.52. The van der Waals surface area contributed by atoms with Crippen molar-refractivity contribution >= 4 is 0 Å². The van der Waals surface area contributed by atoms with Gasteiger partial charge in [0.25, 0.3) is 0 Å². The van der Waals surface area contributed by atoms with E-state index in [-0.39, 0.29) is 0 Å². The van der Waals surface area contributed by atoms with E-state index in [4.69, 9.17) is 0 Å². The molecule has 4 atom stereocenters. The maximum absolute atomic E-state index is 2.52. The lowest BCUT2D eigenvalue weighted by Gasteiger charge is -2.10. The number of hydrogen-bond acceptors (Lipinski definition) is 0. The maximum Gasteiger partial charge on any atom is -0.0266 e. The fourth-order valence-corrected chi connectivity index (χ4v) is 3.33. The van der Waals surface area contributed by atoms with Crippen molar-refractivity contribution in [2.45, 2.75) is 73.1 Å². The molecule has 4 unspecified atom stereocenters. The first kappa shape index (κ1) is 13.1. The van der Waals surface area contributed by atoms with E-state index in [9.17, 15) is 0 Å². The quantitative estimate of drug-likeness (QED) is 0.536. The Labute approximate surface area is 96.8 Å². The summed E-state index contributed by atoms with van der Waals surface area (Å²) in [7, 11) is 0. The van der Waals surface area contributed by atoms with E-state index in [0.29, 0.717) is 5.41 Å². The van der Waals surface area contributed by atoms with Gasteiger partial charge < -0.3 is 0 Å². The second kappa shape index (κ2) is 5.37. The van der Waals surface area contributed by atoms with Crippen LogP contribution in [0.4, 0.5) is 0 Å². The van der Waals surface area contributed by atoms with Crippen molar-refractivity contribution in [2.75, 3.05) is 0 Å². The molecule has 0 N–H and O–H groups in total. The minimum atomic E-state index is 0.712. The monoisotopic (exact) mass is 210 g/mol. The Bertz CT molecular complexity index is 184. The first-order chi connectivity index (χ1) is 7.10. The molecule has 0 heterocycles. The van der Waals surface area contributed by atoms with Crippen molar-refractivity contribution in [3.63, 3.8) is 0 Å². The van der Waals surface area contributed by atoms with Gasteiger partial charge in [0.15, 0.2) is 0 Å². The van der Waals surface area contributed by atoms with E-state index >= 15 is 0 Å². The fourth-order valence-electron chi connectivity index (χ4n) is 3.33. The van der Waals surface area contributed by atoms with Crippen LogP contribution >= 0.6 is 0 Å². The molecule has 0 spiro atoms. The van der Waals surface area contributed by atoms with Gasteiger partial charge >= 0.3 is 0 Å². The van der Waals surface area contributed by atoms with Crippen LogP contribution in [0.5, 0.6) is 0 Å². The molecule has 0 nitrogen and oxygen atoms in total. The summed E-state index contributed by atoms with van der Waals surface area (Å²) in [5, 5.41) is 0. The third kappa shape index (κ3) is 2.77. The SMILES string of the molecule is CCCC1C(CCC(C)CC)C1(C)CC. The zero-order valence-electron chi connectivity index (χ0n) is 11.5. The van der Waals surface area contributed by atoms with Crippen LogP contribution in [-0.4, -0.2) is 0 Å². The third-order valence-electron chi connectivity index (χ3n) is 5.10. The second-order valence-corrected chi connectivity index (χ2v) is 5.95. The van der Waals surface area contributed by atoms with Crippen molar-refractivity contribution in [1.82, 2.24) is 0 Å². The predicted molar refractivity (Wildman–Crippen MR) is 69.0 cm³/mol. The third-order valence-corrected chi connectivity index (χ3v) is 5.10. The van der Waals surface area contributed by atoms with Crippen molar-refractivity contribution in [3.05, 3.63) is 0 Å². The zero-order chi connectivity index (χ0) is 11.5. The van der Waals surface area contributed by atoms with Crippen LogP contribution < -0.4 is 0 Å². The molecule has 90 valence electrons. The number of rotatable bonds is 7. The molecule has 0 heteroatoms. The Hall–Kier alpha value is 0. The van der Waals surface area contributed by atoms with Gasteiger partial charge in [-0.2, -0.15) is 0 Å². The Balaban J connectivity index is 2.35. The highest BCUT2D eigenvalue weighted by atomic mass is 14.6. The lowest BCUT2D eigenvalue weighted by molar-refractivity contribution is 0.413. The van der Waals surface area contributed by atoms with Crippen LogP contribution in [0.25, 0.3) is 0 Å². The minimum Gasteiger partial charge on any atom is -0.0654 e. The summed E-state index contributed by atoms with van der Waals surface area (Å²) in [4.78, 5) is 0. The molecule has 0 aromatic heterocycles. The molecule has 0 bridgehead atoms. The van der Waals surface area contributed by atoms with E-state index in [1.54, 1.807) is 0 Å². The molecule has 0 saturated heterocycles. The predicted octanol–water partition coefficient (Wildman–Crippen LogP) is 5.28. The first-order valence-corrected chi connectivity index (χ1v) is 7.10. The molecule has 15 heavy (non-hydrogen) atoms. The summed E-state index contributed by atoms with van der Waals surface area (Å²) in [5.74, 6) is 3.04. The van der Waals surface area contributed by atoms with Crippen molar-refractivity contribution in [2.24, 2.45) is 23.2 Å². The van der Waals surface area contributed by atoms with Gasteiger partial charge in [-0.25, -0.2) is 0 Å².